The van der Waals surface area contributed by atoms with Crippen molar-refractivity contribution < 1.29 is 15.0 Å². The molecule has 1 fully saturated rings. The zero-order chi connectivity index (χ0) is 14.2. The number of nitrogens with one attached hydrogen (secondary N) is 1. The summed E-state index contributed by atoms with van der Waals surface area (Å²) in [6.45, 7) is 7.09. The van der Waals surface area contributed by atoms with Crippen LogP contribution in [0.5, 0.6) is 0 Å². The van der Waals surface area contributed by atoms with Crippen molar-refractivity contribution >= 4 is 5.97 Å². The predicted octanol–water partition coefficient (Wildman–Crippen LogP) is 0.727. The molecule has 3 N–H and O–H groups in total. The van der Waals surface area contributed by atoms with E-state index >= 15 is 0 Å². The van der Waals surface area contributed by atoms with Gasteiger partial charge in [0.15, 0.2) is 0 Å². The number of aromatic nitrogens is 2. The largest absolute Gasteiger partial charge is 0.480 e. The number of carboxylic acids is 1. The Bertz CT molecular complexity index is 464. The summed E-state index contributed by atoms with van der Waals surface area (Å²) in [4.78, 5) is 12.9. The maximum absolute atomic E-state index is 11.1. The minimum Gasteiger partial charge on any atom is -0.480 e. The van der Waals surface area contributed by atoms with Gasteiger partial charge < -0.3 is 10.2 Å². The van der Waals surface area contributed by atoms with E-state index in [9.17, 15) is 9.90 Å². The Balaban J connectivity index is 2.08. The summed E-state index contributed by atoms with van der Waals surface area (Å²) in [7, 11) is 0. The van der Waals surface area contributed by atoms with Crippen molar-refractivity contribution in [3.63, 3.8) is 0 Å². The van der Waals surface area contributed by atoms with Crippen molar-refractivity contribution in [1.82, 2.24) is 15.1 Å². The number of carbonyl (C=O) groups is 1. The first-order chi connectivity index (χ1) is 8.77. The van der Waals surface area contributed by atoms with E-state index in [4.69, 9.17) is 5.11 Å². The number of hydrogen-bond donors (Lipinski definition) is 3. The molecule has 2 atom stereocenters. The molecule has 106 valence electrons. The summed E-state index contributed by atoms with van der Waals surface area (Å²) in [5.41, 5.74) is 1.80. The monoisotopic (exact) mass is 267 g/mol. The number of hydrogen-bond acceptors (Lipinski definition) is 4. The fourth-order valence-corrected chi connectivity index (χ4v) is 2.36. The number of β-amino-alcohol motifs (C(OH)–C–C–N with tert-alkyl or cyclic N) is 1. The number of H-pyrrole nitrogens is 1. The Morgan fingerprint density at radius 3 is 2.79 bits per heavy atom. The molecule has 0 radical (unpaired) electrons. The van der Waals surface area contributed by atoms with Crippen molar-refractivity contribution in [3.8, 4) is 0 Å². The lowest BCUT2D eigenvalue weighted by Gasteiger charge is -2.19. The zero-order valence-corrected chi connectivity index (χ0v) is 11.6. The third-order valence-corrected chi connectivity index (χ3v) is 3.44. The van der Waals surface area contributed by atoms with Gasteiger partial charge in [0, 0.05) is 30.6 Å². The lowest BCUT2D eigenvalue weighted by atomic mass is 9.92. The van der Waals surface area contributed by atoms with Gasteiger partial charge in [-0.2, -0.15) is 5.10 Å². The van der Waals surface area contributed by atoms with Crippen LogP contribution in [0.4, 0.5) is 0 Å². The highest BCUT2D eigenvalue weighted by molar-refractivity contribution is 5.74. The zero-order valence-electron chi connectivity index (χ0n) is 11.6. The van der Waals surface area contributed by atoms with Gasteiger partial charge in [0.2, 0.25) is 0 Å². The molecule has 2 heterocycles. The fraction of sp³-hybridized carbons (Fsp3) is 0.692. The number of aliphatic hydroxyl groups is 1. The molecule has 1 saturated heterocycles. The minimum atomic E-state index is -0.882. The van der Waals surface area contributed by atoms with Crippen LogP contribution in [-0.2, 0) is 16.8 Å². The van der Waals surface area contributed by atoms with Crippen LogP contribution in [0.15, 0.2) is 6.07 Å². The van der Waals surface area contributed by atoms with E-state index in [1.54, 1.807) is 4.90 Å². The molecular formula is C13H21N3O3. The highest BCUT2D eigenvalue weighted by Gasteiger charge is 2.36. The van der Waals surface area contributed by atoms with Crippen LogP contribution in [0.3, 0.4) is 0 Å². The SMILES string of the molecule is CC(C)(C)c1cc(CN2CC(O)CC2C(=O)O)[nH]n1. The van der Waals surface area contributed by atoms with E-state index in [1.807, 2.05) is 6.07 Å². The molecule has 0 aromatic carbocycles. The second-order valence-corrected chi connectivity index (χ2v) is 6.20. The number of aromatic amines is 1. The van der Waals surface area contributed by atoms with Gasteiger partial charge in [-0.15, -0.1) is 0 Å². The highest BCUT2D eigenvalue weighted by atomic mass is 16.4. The molecule has 2 rings (SSSR count). The lowest BCUT2D eigenvalue weighted by molar-refractivity contribution is -0.142. The van der Waals surface area contributed by atoms with Crippen LogP contribution in [0.1, 0.15) is 38.6 Å². The van der Waals surface area contributed by atoms with E-state index < -0.39 is 18.1 Å². The second kappa shape index (κ2) is 4.94. The Hall–Kier alpha value is -1.40. The smallest absolute Gasteiger partial charge is 0.321 e. The summed E-state index contributed by atoms with van der Waals surface area (Å²) in [6, 6.07) is 1.35. The molecule has 0 saturated carbocycles. The van der Waals surface area contributed by atoms with Gasteiger partial charge in [0.05, 0.1) is 11.8 Å². The van der Waals surface area contributed by atoms with Crippen LogP contribution in [0.2, 0.25) is 0 Å². The van der Waals surface area contributed by atoms with Crippen LogP contribution >= 0.6 is 0 Å². The minimum absolute atomic E-state index is 0.0362. The van der Waals surface area contributed by atoms with E-state index in [2.05, 4.69) is 31.0 Å². The first-order valence-corrected chi connectivity index (χ1v) is 6.47. The molecule has 1 aliphatic rings. The molecule has 6 heteroatoms. The Kier molecular flexibility index (Phi) is 3.64. The van der Waals surface area contributed by atoms with Crippen LogP contribution in [0.25, 0.3) is 0 Å². The lowest BCUT2D eigenvalue weighted by Crippen LogP contribution is -2.35. The summed E-state index contributed by atoms with van der Waals surface area (Å²) in [5, 5.41) is 25.9. The molecule has 0 spiro atoms. The first kappa shape index (κ1) is 14.0. The quantitative estimate of drug-likeness (QED) is 0.751. The number of aliphatic hydroxyl groups excluding tert-OH is 1. The maximum Gasteiger partial charge on any atom is 0.321 e. The average molecular weight is 267 g/mol. The number of likely N-dealkylation sites (tertiary alicyclic amines) is 1. The van der Waals surface area contributed by atoms with Gasteiger partial charge in [0.1, 0.15) is 6.04 Å². The molecular weight excluding hydrogens is 246 g/mol. The Morgan fingerprint density at radius 2 is 2.26 bits per heavy atom. The number of carboxylic acid groups (broad SMARTS) is 1. The van der Waals surface area contributed by atoms with Gasteiger partial charge in [0.25, 0.3) is 0 Å². The standard InChI is InChI=1S/C13H21N3O3/c1-13(2,3)11-4-8(14-15-11)6-16-7-9(17)5-10(16)12(18)19/h4,9-10,17H,5-7H2,1-3H3,(H,14,15)(H,18,19). The molecule has 0 aliphatic carbocycles. The Morgan fingerprint density at radius 1 is 1.58 bits per heavy atom. The van der Waals surface area contributed by atoms with Crippen LogP contribution in [0, 0.1) is 0 Å². The normalized spacial score (nSPS) is 24.8. The highest BCUT2D eigenvalue weighted by Crippen LogP contribution is 2.23. The Labute approximate surface area is 112 Å². The second-order valence-electron chi connectivity index (χ2n) is 6.20. The number of rotatable bonds is 3. The predicted molar refractivity (Wildman–Crippen MR) is 69.7 cm³/mol. The number of aliphatic carboxylic acids is 1. The molecule has 2 unspecified atom stereocenters. The van der Waals surface area contributed by atoms with Gasteiger partial charge >= 0.3 is 5.97 Å². The van der Waals surface area contributed by atoms with Gasteiger partial charge in [-0.3, -0.25) is 14.8 Å². The average Bonchev–Trinajstić information content (AvgIpc) is 2.85. The van der Waals surface area contributed by atoms with Crippen LogP contribution in [-0.4, -0.2) is 50.0 Å². The molecule has 1 aliphatic heterocycles. The first-order valence-electron chi connectivity index (χ1n) is 6.47. The third-order valence-electron chi connectivity index (χ3n) is 3.44. The molecule has 1 aromatic heterocycles. The molecule has 6 nitrogen and oxygen atoms in total. The van der Waals surface area contributed by atoms with Gasteiger partial charge in [-0.1, -0.05) is 20.8 Å². The number of nitrogens with zero attached hydrogens (tertiary/aromatic N) is 2. The summed E-state index contributed by atoms with van der Waals surface area (Å²) in [5.74, 6) is -0.882. The van der Waals surface area contributed by atoms with Gasteiger partial charge in [-0.05, 0) is 6.07 Å². The topological polar surface area (TPSA) is 89.5 Å². The maximum atomic E-state index is 11.1. The van der Waals surface area contributed by atoms with Crippen molar-refractivity contribution in [2.24, 2.45) is 0 Å². The van der Waals surface area contributed by atoms with E-state index in [0.717, 1.165) is 11.4 Å². The van der Waals surface area contributed by atoms with Gasteiger partial charge in [-0.25, -0.2) is 0 Å². The third kappa shape index (κ3) is 3.13. The summed E-state index contributed by atoms with van der Waals surface area (Å²) < 4.78 is 0. The van der Waals surface area contributed by atoms with Crippen molar-refractivity contribution in [2.75, 3.05) is 6.54 Å². The fourth-order valence-electron chi connectivity index (χ4n) is 2.36. The summed E-state index contributed by atoms with van der Waals surface area (Å²) >= 11 is 0. The van der Waals surface area contributed by atoms with Crippen molar-refractivity contribution in [2.45, 2.75) is 51.3 Å². The molecule has 19 heavy (non-hydrogen) atoms. The molecule has 0 amide bonds. The summed E-state index contributed by atoms with van der Waals surface area (Å²) in [6.07, 6.45) is -0.276. The van der Waals surface area contributed by atoms with Crippen molar-refractivity contribution in [3.05, 3.63) is 17.5 Å². The molecule has 0 bridgehead atoms. The van der Waals surface area contributed by atoms with E-state index in [0.29, 0.717) is 13.1 Å². The van der Waals surface area contributed by atoms with Crippen molar-refractivity contribution in [1.29, 1.82) is 0 Å². The van der Waals surface area contributed by atoms with E-state index in [-0.39, 0.29) is 11.8 Å². The van der Waals surface area contributed by atoms with Crippen LogP contribution < -0.4 is 0 Å². The molecule has 1 aromatic rings. The van der Waals surface area contributed by atoms with E-state index in [1.165, 1.54) is 0 Å².